The Labute approximate surface area is 208 Å². The van der Waals surface area contributed by atoms with Crippen molar-refractivity contribution in [3.8, 4) is 0 Å². The quantitative estimate of drug-likeness (QED) is 0.205. The molecule has 0 fully saturated rings. The summed E-state index contributed by atoms with van der Waals surface area (Å²) >= 11 is 0. The molecule has 0 amide bonds. The summed E-state index contributed by atoms with van der Waals surface area (Å²) in [5, 5.41) is 0. The Bertz CT molecular complexity index is 288. The molecule has 0 saturated carbocycles. The summed E-state index contributed by atoms with van der Waals surface area (Å²) in [4.78, 5) is 0. The van der Waals surface area contributed by atoms with Gasteiger partial charge in [-0.2, -0.15) is 0 Å². The van der Waals surface area contributed by atoms with E-state index in [0.29, 0.717) is 0 Å². The lowest BCUT2D eigenvalue weighted by Crippen LogP contribution is -2.05. The first-order valence-electron chi connectivity index (χ1n) is 15.2. The largest absolute Gasteiger partial charge is 0.0651 e. The molecule has 0 aromatic carbocycles. The zero-order valence-electron chi connectivity index (χ0n) is 25.4. The maximum absolute atomic E-state index is 2.36. The zero-order valence-corrected chi connectivity index (χ0v) is 25.4. The molecule has 0 heteroatoms. The van der Waals surface area contributed by atoms with Crippen molar-refractivity contribution >= 4 is 0 Å². The van der Waals surface area contributed by atoms with Gasteiger partial charge in [0.1, 0.15) is 0 Å². The van der Waals surface area contributed by atoms with Crippen molar-refractivity contribution in [1.82, 2.24) is 0 Å². The Morgan fingerprint density at radius 3 is 0.875 bits per heavy atom. The Morgan fingerprint density at radius 2 is 0.625 bits per heavy atom. The summed E-state index contributed by atoms with van der Waals surface area (Å²) < 4.78 is 0. The molecule has 0 rings (SSSR count). The second kappa shape index (κ2) is 27.2. The second-order valence-corrected chi connectivity index (χ2v) is 11.0. The Hall–Kier alpha value is 0. The van der Waals surface area contributed by atoms with E-state index in [4.69, 9.17) is 0 Å². The predicted molar refractivity (Wildman–Crippen MR) is 154 cm³/mol. The van der Waals surface area contributed by atoms with Gasteiger partial charge in [-0.1, -0.05) is 160 Å². The lowest BCUT2D eigenvalue weighted by molar-refractivity contribution is 0.338. The minimum absolute atomic E-state index is 0.935. The molecule has 0 nitrogen and oxygen atoms in total. The van der Waals surface area contributed by atoms with Gasteiger partial charge in [0.2, 0.25) is 0 Å². The van der Waals surface area contributed by atoms with Crippen LogP contribution >= 0.6 is 0 Å². The van der Waals surface area contributed by atoms with Crippen LogP contribution in [0, 0.1) is 35.5 Å². The van der Waals surface area contributed by atoms with Crippen molar-refractivity contribution in [1.29, 1.82) is 0 Å². The molecule has 198 valence electrons. The van der Waals surface area contributed by atoms with E-state index in [9.17, 15) is 0 Å². The van der Waals surface area contributed by atoms with Crippen molar-refractivity contribution in [2.75, 3.05) is 0 Å². The van der Waals surface area contributed by atoms with E-state index in [0.717, 1.165) is 35.5 Å². The van der Waals surface area contributed by atoms with Gasteiger partial charge >= 0.3 is 0 Å². The van der Waals surface area contributed by atoms with E-state index in [2.05, 4.69) is 83.1 Å². The van der Waals surface area contributed by atoms with Gasteiger partial charge < -0.3 is 0 Å². The molecule has 0 spiro atoms. The molecule has 3 atom stereocenters. The van der Waals surface area contributed by atoms with Gasteiger partial charge in [0.15, 0.2) is 0 Å². The lowest BCUT2D eigenvalue weighted by Gasteiger charge is -2.18. The Balaban J connectivity index is -0.000000395. The van der Waals surface area contributed by atoms with E-state index in [-0.39, 0.29) is 0 Å². The normalized spacial score (nSPS) is 14.0. The summed E-state index contributed by atoms with van der Waals surface area (Å²) in [7, 11) is 0. The molecular formula is C32H70. The summed E-state index contributed by atoms with van der Waals surface area (Å²) in [6.45, 7) is 27.8. The smallest absolute Gasteiger partial charge is 0.0417 e. The highest BCUT2D eigenvalue weighted by molar-refractivity contribution is 4.62. The number of hydrogen-bond acceptors (Lipinski definition) is 0. The average molecular weight is 455 g/mol. The van der Waals surface area contributed by atoms with Gasteiger partial charge in [0.25, 0.3) is 0 Å². The van der Waals surface area contributed by atoms with E-state index in [1.165, 1.54) is 89.9 Å². The molecule has 0 aliphatic rings. The summed E-state index contributed by atoms with van der Waals surface area (Å²) in [6.07, 6.45) is 19.4. The molecular weight excluding hydrogens is 384 g/mol. The highest BCUT2D eigenvalue weighted by atomic mass is 14.2. The van der Waals surface area contributed by atoms with Crippen molar-refractivity contribution in [2.24, 2.45) is 35.5 Å². The van der Waals surface area contributed by atoms with E-state index >= 15 is 0 Å². The topological polar surface area (TPSA) is 0 Å². The third-order valence-corrected chi connectivity index (χ3v) is 8.35. The van der Waals surface area contributed by atoms with Crippen LogP contribution in [-0.2, 0) is 0 Å². The molecule has 0 aliphatic heterocycles. The molecule has 0 bridgehead atoms. The molecule has 32 heavy (non-hydrogen) atoms. The fourth-order valence-corrected chi connectivity index (χ4v) is 4.30. The van der Waals surface area contributed by atoms with Crippen LogP contribution in [0.5, 0.6) is 0 Å². The number of rotatable bonds is 17. The lowest BCUT2D eigenvalue weighted by atomic mass is 9.88. The minimum atomic E-state index is 0.935. The molecule has 0 N–H and O–H groups in total. The maximum atomic E-state index is 2.36. The standard InChI is InChI=1S/2C11H24.C10H22/c1-5-10(3)8-7-9-11(4)6-2;1-5-10(6-2)9-11(7-3)8-4;1-5-9(4)8-10(6-2)7-3/h2*10-11H,5-9H2,1-4H3;9-10H,5-8H2,1-4H3. The monoisotopic (exact) mass is 455 g/mol. The molecule has 0 saturated heterocycles. The molecule has 3 unspecified atom stereocenters. The van der Waals surface area contributed by atoms with Gasteiger partial charge in [-0.05, 0) is 48.3 Å². The van der Waals surface area contributed by atoms with Gasteiger partial charge in [-0.25, -0.2) is 0 Å². The van der Waals surface area contributed by atoms with Crippen LogP contribution in [0.3, 0.4) is 0 Å². The van der Waals surface area contributed by atoms with E-state index in [1.807, 2.05) is 0 Å². The van der Waals surface area contributed by atoms with Crippen LogP contribution < -0.4 is 0 Å². The van der Waals surface area contributed by atoms with Crippen molar-refractivity contribution < 1.29 is 0 Å². The highest BCUT2D eigenvalue weighted by Gasteiger charge is 2.10. The van der Waals surface area contributed by atoms with Crippen LogP contribution in [-0.4, -0.2) is 0 Å². The Morgan fingerprint density at radius 1 is 0.344 bits per heavy atom. The fraction of sp³-hybridized carbons (Fsp3) is 1.00. The van der Waals surface area contributed by atoms with E-state index in [1.54, 1.807) is 0 Å². The van der Waals surface area contributed by atoms with Gasteiger partial charge in [-0.3, -0.25) is 0 Å². The predicted octanol–water partition coefficient (Wildman–Crippen LogP) is 12.4. The third-order valence-electron chi connectivity index (χ3n) is 8.35. The average Bonchev–Trinajstić information content (AvgIpc) is 2.83. The van der Waals surface area contributed by atoms with Gasteiger partial charge in [-0.15, -0.1) is 0 Å². The second-order valence-electron chi connectivity index (χ2n) is 11.0. The molecule has 0 heterocycles. The molecule has 0 aromatic heterocycles. The first-order chi connectivity index (χ1) is 15.2. The van der Waals surface area contributed by atoms with Crippen LogP contribution in [0.1, 0.15) is 173 Å². The van der Waals surface area contributed by atoms with Gasteiger partial charge in [0.05, 0.1) is 0 Å². The summed E-state index contributed by atoms with van der Waals surface area (Å²) in [5.41, 5.74) is 0. The van der Waals surface area contributed by atoms with Crippen molar-refractivity contribution in [3.63, 3.8) is 0 Å². The van der Waals surface area contributed by atoms with Gasteiger partial charge in [0, 0.05) is 0 Å². The molecule has 0 aromatic rings. The van der Waals surface area contributed by atoms with Crippen LogP contribution in [0.25, 0.3) is 0 Å². The fourth-order valence-electron chi connectivity index (χ4n) is 4.30. The Kier molecular flexibility index (Phi) is 31.1. The van der Waals surface area contributed by atoms with E-state index < -0.39 is 0 Å². The zero-order chi connectivity index (χ0) is 25.4. The number of hydrogen-bond donors (Lipinski definition) is 0. The molecule has 0 radical (unpaired) electrons. The minimum Gasteiger partial charge on any atom is -0.0651 e. The SMILES string of the molecule is CCC(C)CC(CC)CC.CCC(C)CCCC(C)CC.CCC(CC)CC(CC)CC. The highest BCUT2D eigenvalue weighted by Crippen LogP contribution is 2.23. The maximum Gasteiger partial charge on any atom is -0.0417 e. The van der Waals surface area contributed by atoms with Crippen molar-refractivity contribution in [2.45, 2.75) is 173 Å². The first-order valence-corrected chi connectivity index (χ1v) is 15.2. The third kappa shape index (κ3) is 24.6. The van der Waals surface area contributed by atoms with Crippen LogP contribution in [0.15, 0.2) is 0 Å². The molecule has 0 aliphatic carbocycles. The van der Waals surface area contributed by atoms with Crippen molar-refractivity contribution in [3.05, 3.63) is 0 Å². The van der Waals surface area contributed by atoms with Crippen LogP contribution in [0.2, 0.25) is 0 Å². The summed E-state index contributed by atoms with van der Waals surface area (Å²) in [5.74, 6) is 5.78. The first kappa shape index (κ1) is 36.6. The van der Waals surface area contributed by atoms with Crippen LogP contribution in [0.4, 0.5) is 0 Å². The summed E-state index contributed by atoms with van der Waals surface area (Å²) in [6, 6.07) is 0.